The summed E-state index contributed by atoms with van der Waals surface area (Å²) in [5, 5.41) is 0. The zero-order valence-electron chi connectivity index (χ0n) is 12.8. The Morgan fingerprint density at radius 2 is 1.90 bits per heavy atom. The predicted octanol–water partition coefficient (Wildman–Crippen LogP) is 4.74. The number of ether oxygens (including phenoxy) is 1. The number of methoxy groups -OCH3 is 1. The van der Waals surface area contributed by atoms with E-state index in [1.54, 1.807) is 7.11 Å². The van der Waals surface area contributed by atoms with Gasteiger partial charge < -0.3 is 10.5 Å². The molecular weight excluding hydrogens is 314 g/mol. The van der Waals surface area contributed by atoms with E-state index in [1.807, 2.05) is 0 Å². The predicted molar refractivity (Wildman–Crippen MR) is 88.6 cm³/mol. The molecule has 112 valence electrons. The van der Waals surface area contributed by atoms with Gasteiger partial charge in [0.05, 0.1) is 11.6 Å². The fourth-order valence-electron chi connectivity index (χ4n) is 3.30. The third-order valence-electron chi connectivity index (χ3n) is 4.72. The summed E-state index contributed by atoms with van der Waals surface area (Å²) in [5.74, 6) is 1.43. The molecule has 0 bridgehead atoms. The van der Waals surface area contributed by atoms with Gasteiger partial charge in [0, 0.05) is 12.0 Å². The lowest BCUT2D eigenvalue weighted by Crippen LogP contribution is -2.37. The SMILES string of the molecule is COc1cc(C(C)C)cc(C2(CN)CCCCC2)c1Br. The summed E-state index contributed by atoms with van der Waals surface area (Å²) in [5.41, 5.74) is 9.00. The van der Waals surface area contributed by atoms with Crippen LogP contribution in [0.4, 0.5) is 0 Å². The first-order valence-electron chi connectivity index (χ1n) is 7.62. The lowest BCUT2D eigenvalue weighted by atomic mass is 9.69. The van der Waals surface area contributed by atoms with E-state index in [-0.39, 0.29) is 5.41 Å². The largest absolute Gasteiger partial charge is 0.496 e. The van der Waals surface area contributed by atoms with Gasteiger partial charge in [-0.05, 0) is 51.9 Å². The van der Waals surface area contributed by atoms with Crippen molar-refractivity contribution in [2.75, 3.05) is 13.7 Å². The van der Waals surface area contributed by atoms with E-state index in [1.165, 1.54) is 43.2 Å². The Kier molecular flexibility index (Phi) is 5.14. The highest BCUT2D eigenvalue weighted by atomic mass is 79.9. The van der Waals surface area contributed by atoms with E-state index in [0.717, 1.165) is 16.8 Å². The second-order valence-electron chi connectivity index (χ2n) is 6.28. The summed E-state index contributed by atoms with van der Waals surface area (Å²) in [6.07, 6.45) is 6.26. The highest BCUT2D eigenvalue weighted by Gasteiger charge is 2.35. The fraction of sp³-hybridized carbons (Fsp3) is 0.647. The summed E-state index contributed by atoms with van der Waals surface area (Å²) < 4.78 is 6.66. The Labute approximate surface area is 131 Å². The maximum Gasteiger partial charge on any atom is 0.133 e. The summed E-state index contributed by atoms with van der Waals surface area (Å²) >= 11 is 3.76. The number of benzene rings is 1. The average Bonchev–Trinajstić information content (AvgIpc) is 2.47. The van der Waals surface area contributed by atoms with Crippen molar-refractivity contribution in [2.24, 2.45) is 5.73 Å². The van der Waals surface area contributed by atoms with Crippen molar-refractivity contribution in [1.82, 2.24) is 0 Å². The van der Waals surface area contributed by atoms with Gasteiger partial charge in [0.25, 0.3) is 0 Å². The molecule has 1 aromatic carbocycles. The Bertz CT molecular complexity index is 464. The van der Waals surface area contributed by atoms with Crippen molar-refractivity contribution >= 4 is 15.9 Å². The molecule has 1 fully saturated rings. The molecule has 0 saturated heterocycles. The van der Waals surface area contributed by atoms with Gasteiger partial charge in [-0.25, -0.2) is 0 Å². The molecule has 0 radical (unpaired) electrons. The molecule has 0 aromatic heterocycles. The number of nitrogens with two attached hydrogens (primary N) is 1. The van der Waals surface area contributed by atoms with Crippen molar-refractivity contribution < 1.29 is 4.74 Å². The molecule has 3 heteroatoms. The first-order valence-corrected chi connectivity index (χ1v) is 8.41. The van der Waals surface area contributed by atoms with Crippen LogP contribution >= 0.6 is 15.9 Å². The third-order valence-corrected chi connectivity index (χ3v) is 5.54. The molecule has 0 heterocycles. The summed E-state index contributed by atoms with van der Waals surface area (Å²) in [6, 6.07) is 4.49. The van der Waals surface area contributed by atoms with Crippen molar-refractivity contribution in [3.8, 4) is 5.75 Å². The van der Waals surface area contributed by atoms with Gasteiger partial charge in [-0.1, -0.05) is 39.2 Å². The molecule has 1 saturated carbocycles. The van der Waals surface area contributed by atoms with E-state index >= 15 is 0 Å². The van der Waals surface area contributed by atoms with Crippen LogP contribution in [0, 0.1) is 0 Å². The second kappa shape index (κ2) is 6.48. The lowest BCUT2D eigenvalue weighted by molar-refractivity contribution is 0.297. The van der Waals surface area contributed by atoms with E-state index in [0.29, 0.717) is 5.92 Å². The van der Waals surface area contributed by atoms with Gasteiger partial charge in [0.15, 0.2) is 0 Å². The normalized spacial score (nSPS) is 18.3. The molecule has 1 aliphatic carbocycles. The second-order valence-corrected chi connectivity index (χ2v) is 7.08. The summed E-state index contributed by atoms with van der Waals surface area (Å²) in [7, 11) is 1.74. The number of rotatable bonds is 4. The van der Waals surface area contributed by atoms with Crippen LogP contribution in [0.3, 0.4) is 0 Å². The molecule has 2 N–H and O–H groups in total. The first-order chi connectivity index (χ1) is 9.54. The van der Waals surface area contributed by atoms with Crippen LogP contribution in [-0.4, -0.2) is 13.7 Å². The average molecular weight is 340 g/mol. The quantitative estimate of drug-likeness (QED) is 0.859. The topological polar surface area (TPSA) is 35.2 Å². The Balaban J connectivity index is 2.55. The molecule has 0 spiro atoms. The van der Waals surface area contributed by atoms with Crippen molar-refractivity contribution in [3.05, 3.63) is 27.7 Å². The molecule has 0 atom stereocenters. The van der Waals surface area contributed by atoms with Crippen LogP contribution in [0.25, 0.3) is 0 Å². The highest BCUT2D eigenvalue weighted by Crippen LogP contribution is 2.45. The minimum absolute atomic E-state index is 0.120. The van der Waals surface area contributed by atoms with Crippen LogP contribution in [0.1, 0.15) is 63.0 Å². The highest BCUT2D eigenvalue weighted by molar-refractivity contribution is 9.10. The first kappa shape index (κ1) is 15.8. The van der Waals surface area contributed by atoms with Crippen LogP contribution in [-0.2, 0) is 5.41 Å². The van der Waals surface area contributed by atoms with Crippen LogP contribution in [0.2, 0.25) is 0 Å². The van der Waals surface area contributed by atoms with Gasteiger partial charge in [0.1, 0.15) is 5.75 Å². The number of hydrogen-bond acceptors (Lipinski definition) is 2. The Morgan fingerprint density at radius 3 is 2.40 bits per heavy atom. The molecular formula is C17H26BrNO. The van der Waals surface area contributed by atoms with Gasteiger partial charge in [0.2, 0.25) is 0 Å². The number of hydrogen-bond donors (Lipinski definition) is 1. The third kappa shape index (κ3) is 2.89. The van der Waals surface area contributed by atoms with Gasteiger partial charge in [-0.15, -0.1) is 0 Å². The monoisotopic (exact) mass is 339 g/mol. The smallest absolute Gasteiger partial charge is 0.133 e. The van der Waals surface area contributed by atoms with Crippen molar-refractivity contribution in [2.45, 2.75) is 57.3 Å². The zero-order chi connectivity index (χ0) is 14.8. The van der Waals surface area contributed by atoms with Gasteiger partial charge in [-0.3, -0.25) is 0 Å². The molecule has 0 unspecified atom stereocenters. The zero-order valence-corrected chi connectivity index (χ0v) is 14.4. The molecule has 20 heavy (non-hydrogen) atoms. The van der Waals surface area contributed by atoms with Crippen molar-refractivity contribution in [1.29, 1.82) is 0 Å². The molecule has 2 nitrogen and oxygen atoms in total. The number of halogens is 1. The van der Waals surface area contributed by atoms with Gasteiger partial charge >= 0.3 is 0 Å². The van der Waals surface area contributed by atoms with E-state index in [9.17, 15) is 0 Å². The molecule has 1 aliphatic rings. The van der Waals surface area contributed by atoms with E-state index < -0.39 is 0 Å². The summed E-state index contributed by atoms with van der Waals surface area (Å²) in [4.78, 5) is 0. The van der Waals surface area contributed by atoms with Crippen LogP contribution in [0.15, 0.2) is 16.6 Å². The standard InChI is InChI=1S/C17H26BrNO/c1-12(2)13-9-14(16(18)15(10-13)20-3)17(11-19)7-5-4-6-8-17/h9-10,12H,4-8,11,19H2,1-3H3. The van der Waals surface area contributed by atoms with E-state index in [4.69, 9.17) is 10.5 Å². The maximum absolute atomic E-state index is 6.20. The van der Waals surface area contributed by atoms with E-state index in [2.05, 4.69) is 41.9 Å². The Hall–Kier alpha value is -0.540. The van der Waals surface area contributed by atoms with Gasteiger partial charge in [-0.2, -0.15) is 0 Å². The fourth-order valence-corrected chi connectivity index (χ4v) is 4.11. The van der Waals surface area contributed by atoms with Crippen LogP contribution in [0.5, 0.6) is 5.75 Å². The summed E-state index contributed by atoms with van der Waals surface area (Å²) in [6.45, 7) is 5.17. The molecule has 2 rings (SSSR count). The minimum Gasteiger partial charge on any atom is -0.496 e. The van der Waals surface area contributed by atoms with Crippen molar-refractivity contribution in [3.63, 3.8) is 0 Å². The molecule has 1 aromatic rings. The maximum atomic E-state index is 6.20. The lowest BCUT2D eigenvalue weighted by Gasteiger charge is -2.38. The molecule has 0 amide bonds. The molecule has 0 aliphatic heterocycles. The van der Waals surface area contributed by atoms with Crippen LogP contribution < -0.4 is 10.5 Å². The Morgan fingerprint density at radius 1 is 1.25 bits per heavy atom. The minimum atomic E-state index is 0.120.